The van der Waals surface area contributed by atoms with E-state index in [4.69, 9.17) is 4.74 Å². The molecule has 3 aromatic rings. The topological polar surface area (TPSA) is 69.0 Å². The quantitative estimate of drug-likeness (QED) is 0.610. The van der Waals surface area contributed by atoms with E-state index in [-0.39, 0.29) is 6.54 Å². The van der Waals surface area contributed by atoms with Gasteiger partial charge in [-0.1, -0.05) is 36.0 Å². The number of hydrogen-bond acceptors (Lipinski definition) is 5. The zero-order valence-electron chi connectivity index (χ0n) is 15.5. The summed E-state index contributed by atoms with van der Waals surface area (Å²) in [6, 6.07) is 11.8. The molecular formula is C19H17F3N4O2S. The first-order valence-electron chi connectivity index (χ1n) is 8.43. The van der Waals surface area contributed by atoms with Crippen molar-refractivity contribution >= 4 is 17.7 Å². The number of benzene rings is 2. The van der Waals surface area contributed by atoms with Crippen LogP contribution in [0.3, 0.4) is 0 Å². The Morgan fingerprint density at radius 1 is 1.14 bits per heavy atom. The van der Waals surface area contributed by atoms with Gasteiger partial charge in [0.25, 0.3) is 5.91 Å². The zero-order chi connectivity index (χ0) is 21.0. The van der Waals surface area contributed by atoms with E-state index < -0.39 is 23.2 Å². The Morgan fingerprint density at radius 2 is 1.83 bits per heavy atom. The highest BCUT2D eigenvalue weighted by Gasteiger charge is 2.34. The van der Waals surface area contributed by atoms with Crippen molar-refractivity contribution in [2.24, 2.45) is 0 Å². The highest BCUT2D eigenvalue weighted by molar-refractivity contribution is 7.98. The van der Waals surface area contributed by atoms with Gasteiger partial charge >= 0.3 is 6.18 Å². The Labute approximate surface area is 169 Å². The molecule has 0 saturated carbocycles. The second-order valence-corrected chi connectivity index (χ2v) is 6.61. The lowest BCUT2D eigenvalue weighted by Crippen LogP contribution is -2.27. The maximum Gasteiger partial charge on any atom is 0.417 e. The molecule has 0 radical (unpaired) electrons. The van der Waals surface area contributed by atoms with Crippen LogP contribution in [0.5, 0.6) is 5.75 Å². The highest BCUT2D eigenvalue weighted by Crippen LogP contribution is 2.32. The number of nitrogens with zero attached hydrogens (tertiary/aromatic N) is 3. The van der Waals surface area contributed by atoms with E-state index >= 15 is 0 Å². The van der Waals surface area contributed by atoms with Crippen molar-refractivity contribution in [3.63, 3.8) is 0 Å². The number of ether oxygens (including phenoxy) is 1. The minimum absolute atomic E-state index is 0.114. The number of carbonyl (C=O) groups is 1. The normalized spacial score (nSPS) is 11.3. The molecular weight excluding hydrogens is 405 g/mol. The molecule has 6 nitrogen and oxygen atoms in total. The first-order chi connectivity index (χ1) is 13.9. The van der Waals surface area contributed by atoms with Crippen LogP contribution in [-0.4, -0.2) is 34.0 Å². The van der Waals surface area contributed by atoms with Crippen LogP contribution in [0.25, 0.3) is 5.69 Å². The van der Waals surface area contributed by atoms with Crippen molar-refractivity contribution in [1.82, 2.24) is 20.1 Å². The lowest BCUT2D eigenvalue weighted by atomic mass is 10.1. The molecule has 3 rings (SSSR count). The van der Waals surface area contributed by atoms with Gasteiger partial charge in [0.2, 0.25) is 0 Å². The lowest BCUT2D eigenvalue weighted by Gasteiger charge is -2.14. The van der Waals surface area contributed by atoms with Crippen molar-refractivity contribution in [3.8, 4) is 11.4 Å². The third-order valence-electron chi connectivity index (χ3n) is 4.09. The van der Waals surface area contributed by atoms with E-state index in [0.29, 0.717) is 22.4 Å². The SMILES string of the molecule is COc1ccccc1-n1c(CNC(=O)c2ccccc2C(F)(F)F)nnc1SC. The number of para-hydroxylation sites is 2. The highest BCUT2D eigenvalue weighted by atomic mass is 32.2. The molecule has 29 heavy (non-hydrogen) atoms. The van der Waals surface area contributed by atoms with Crippen LogP contribution in [0, 0.1) is 0 Å². The Bertz CT molecular complexity index is 1020. The van der Waals surface area contributed by atoms with E-state index in [1.807, 2.05) is 12.3 Å². The van der Waals surface area contributed by atoms with Crippen LogP contribution >= 0.6 is 11.8 Å². The monoisotopic (exact) mass is 422 g/mol. The predicted molar refractivity (Wildman–Crippen MR) is 102 cm³/mol. The fraction of sp³-hybridized carbons (Fsp3) is 0.211. The van der Waals surface area contributed by atoms with Gasteiger partial charge in [0.05, 0.1) is 30.5 Å². The van der Waals surface area contributed by atoms with E-state index in [9.17, 15) is 18.0 Å². The van der Waals surface area contributed by atoms with Gasteiger partial charge < -0.3 is 10.1 Å². The number of thioether (sulfide) groups is 1. The minimum atomic E-state index is -4.63. The maximum atomic E-state index is 13.2. The average Bonchev–Trinajstić information content (AvgIpc) is 3.14. The van der Waals surface area contributed by atoms with Crippen LogP contribution in [0.1, 0.15) is 21.7 Å². The second-order valence-electron chi connectivity index (χ2n) is 5.84. The van der Waals surface area contributed by atoms with Gasteiger partial charge in [0, 0.05) is 0 Å². The molecule has 0 atom stereocenters. The molecule has 0 unspecified atom stereocenters. The molecule has 0 fully saturated rings. The third kappa shape index (κ3) is 4.37. The fourth-order valence-corrected chi connectivity index (χ4v) is 3.30. The van der Waals surface area contributed by atoms with Crippen LogP contribution in [0.2, 0.25) is 0 Å². The summed E-state index contributed by atoms with van der Waals surface area (Å²) >= 11 is 1.34. The lowest BCUT2D eigenvalue weighted by molar-refractivity contribution is -0.137. The number of rotatable bonds is 6. The van der Waals surface area contributed by atoms with Crippen molar-refractivity contribution in [1.29, 1.82) is 0 Å². The summed E-state index contributed by atoms with van der Waals surface area (Å²) in [7, 11) is 1.53. The largest absolute Gasteiger partial charge is 0.495 e. The average molecular weight is 422 g/mol. The third-order valence-corrected chi connectivity index (χ3v) is 4.72. The van der Waals surface area contributed by atoms with Gasteiger partial charge in [0.15, 0.2) is 11.0 Å². The van der Waals surface area contributed by atoms with E-state index in [2.05, 4.69) is 15.5 Å². The van der Waals surface area contributed by atoms with Gasteiger partial charge in [-0.3, -0.25) is 9.36 Å². The van der Waals surface area contributed by atoms with Gasteiger partial charge in [-0.05, 0) is 30.5 Å². The number of halogens is 3. The van der Waals surface area contributed by atoms with Crippen molar-refractivity contribution < 1.29 is 22.7 Å². The Morgan fingerprint density at radius 3 is 2.52 bits per heavy atom. The standard InChI is InChI=1S/C19H17F3N4O2S/c1-28-15-10-6-5-9-14(15)26-16(24-25-18(26)29-2)11-23-17(27)12-7-3-4-8-13(12)19(20,21)22/h3-10H,11H2,1-2H3,(H,23,27). The summed E-state index contributed by atoms with van der Waals surface area (Å²) in [5.41, 5.74) is -0.786. The molecule has 0 aliphatic rings. The first-order valence-corrected chi connectivity index (χ1v) is 9.65. The summed E-state index contributed by atoms with van der Waals surface area (Å²) in [6.45, 7) is -0.114. The van der Waals surface area contributed by atoms with Crippen molar-refractivity contribution in [2.75, 3.05) is 13.4 Å². The predicted octanol–water partition coefficient (Wildman–Crippen LogP) is 3.95. The summed E-state index contributed by atoms with van der Waals surface area (Å²) in [4.78, 5) is 12.4. The van der Waals surface area contributed by atoms with Crippen LogP contribution in [0.15, 0.2) is 53.7 Å². The molecule has 0 spiro atoms. The molecule has 1 amide bonds. The smallest absolute Gasteiger partial charge is 0.417 e. The first kappa shape index (κ1) is 20.7. The molecule has 0 aliphatic heterocycles. The Hall–Kier alpha value is -3.01. The summed E-state index contributed by atoms with van der Waals surface area (Å²) < 4.78 is 46.6. The number of hydrogen-bond donors (Lipinski definition) is 1. The van der Waals surface area contributed by atoms with Gasteiger partial charge in [-0.25, -0.2) is 0 Å². The molecule has 2 aromatic carbocycles. The van der Waals surface area contributed by atoms with Crippen LogP contribution in [0.4, 0.5) is 13.2 Å². The summed E-state index contributed by atoms with van der Waals surface area (Å²) in [5, 5.41) is 11.2. The van der Waals surface area contributed by atoms with Gasteiger partial charge in [0.1, 0.15) is 5.75 Å². The number of alkyl halides is 3. The molecule has 0 saturated heterocycles. The molecule has 1 aromatic heterocycles. The van der Waals surface area contributed by atoms with Crippen molar-refractivity contribution in [2.45, 2.75) is 17.9 Å². The molecule has 0 bridgehead atoms. The van der Waals surface area contributed by atoms with Crippen molar-refractivity contribution in [3.05, 3.63) is 65.5 Å². The van der Waals surface area contributed by atoms with E-state index in [1.54, 1.807) is 22.8 Å². The molecule has 1 N–H and O–H groups in total. The molecule has 152 valence electrons. The maximum absolute atomic E-state index is 13.2. The number of carbonyl (C=O) groups excluding carboxylic acids is 1. The summed E-state index contributed by atoms with van der Waals surface area (Å²) in [5.74, 6) is 0.0764. The molecule has 10 heteroatoms. The molecule has 0 aliphatic carbocycles. The Balaban J connectivity index is 1.90. The number of aromatic nitrogens is 3. The van der Waals surface area contributed by atoms with Crippen LogP contribution in [-0.2, 0) is 12.7 Å². The zero-order valence-corrected chi connectivity index (χ0v) is 16.3. The molecule has 1 heterocycles. The summed E-state index contributed by atoms with van der Waals surface area (Å²) in [6.07, 6.45) is -2.81. The van der Waals surface area contributed by atoms with E-state index in [0.717, 1.165) is 12.1 Å². The van der Waals surface area contributed by atoms with E-state index in [1.165, 1.54) is 31.0 Å². The minimum Gasteiger partial charge on any atom is -0.495 e. The van der Waals surface area contributed by atoms with Crippen LogP contribution < -0.4 is 10.1 Å². The second kappa shape index (κ2) is 8.56. The number of nitrogens with one attached hydrogen (secondary N) is 1. The number of methoxy groups -OCH3 is 1. The Kier molecular flexibility index (Phi) is 6.12. The van der Waals surface area contributed by atoms with Gasteiger partial charge in [-0.15, -0.1) is 10.2 Å². The van der Waals surface area contributed by atoms with Gasteiger partial charge in [-0.2, -0.15) is 13.2 Å². The fourth-order valence-electron chi connectivity index (χ4n) is 2.79. The number of amides is 1.